The molecule has 0 bridgehead atoms. The molecule has 1 rings (SSSR count). The zero-order valence-corrected chi connectivity index (χ0v) is 8.16. The zero-order chi connectivity index (χ0) is 9.73. The van der Waals surface area contributed by atoms with Crippen LogP contribution >= 0.6 is 0 Å². The van der Waals surface area contributed by atoms with Crippen molar-refractivity contribution in [2.75, 3.05) is 13.2 Å². The zero-order valence-electron chi connectivity index (χ0n) is 8.16. The van der Waals surface area contributed by atoms with E-state index in [1.165, 1.54) is 0 Å². The lowest BCUT2D eigenvalue weighted by molar-refractivity contribution is 0.187. The first-order chi connectivity index (χ1) is 6.14. The van der Waals surface area contributed by atoms with E-state index in [9.17, 15) is 0 Å². The molecule has 0 fully saturated rings. The molecule has 0 atom stereocenters. The van der Waals surface area contributed by atoms with Crippen LogP contribution in [0.25, 0.3) is 0 Å². The Bertz CT molecular complexity index is 246. The SMILES string of the molecule is CC(C)(CN)COc1ccncc1. The molecule has 0 spiro atoms. The summed E-state index contributed by atoms with van der Waals surface area (Å²) in [5.74, 6) is 0.844. The van der Waals surface area contributed by atoms with Gasteiger partial charge in [-0.3, -0.25) is 4.98 Å². The van der Waals surface area contributed by atoms with Gasteiger partial charge in [-0.1, -0.05) is 13.8 Å². The van der Waals surface area contributed by atoms with Crippen LogP contribution in [0.4, 0.5) is 0 Å². The van der Waals surface area contributed by atoms with Crippen molar-refractivity contribution in [2.24, 2.45) is 11.1 Å². The Labute approximate surface area is 78.9 Å². The highest BCUT2D eigenvalue weighted by atomic mass is 16.5. The summed E-state index contributed by atoms with van der Waals surface area (Å²) in [6.07, 6.45) is 3.43. The number of pyridine rings is 1. The molecule has 0 unspecified atom stereocenters. The second kappa shape index (κ2) is 4.23. The lowest BCUT2D eigenvalue weighted by Crippen LogP contribution is -2.30. The van der Waals surface area contributed by atoms with Crippen molar-refractivity contribution in [2.45, 2.75) is 13.8 Å². The number of ether oxygens (including phenoxy) is 1. The molecule has 0 radical (unpaired) electrons. The third-order valence-electron chi connectivity index (χ3n) is 1.83. The fourth-order valence-electron chi connectivity index (χ4n) is 0.772. The maximum atomic E-state index is 5.58. The summed E-state index contributed by atoms with van der Waals surface area (Å²) in [5, 5.41) is 0. The summed E-state index contributed by atoms with van der Waals surface area (Å²) in [6.45, 7) is 5.41. The Morgan fingerprint density at radius 2 is 2.00 bits per heavy atom. The minimum absolute atomic E-state index is 0.0310. The molecule has 0 saturated carbocycles. The largest absolute Gasteiger partial charge is 0.493 e. The molecule has 2 N–H and O–H groups in total. The van der Waals surface area contributed by atoms with Crippen molar-refractivity contribution in [1.82, 2.24) is 4.98 Å². The first kappa shape index (κ1) is 9.99. The third kappa shape index (κ3) is 3.42. The van der Waals surface area contributed by atoms with E-state index in [0.717, 1.165) is 5.75 Å². The minimum atomic E-state index is 0.0310. The highest BCUT2D eigenvalue weighted by Crippen LogP contribution is 2.15. The Kier molecular flexibility index (Phi) is 3.25. The molecule has 1 aromatic heterocycles. The van der Waals surface area contributed by atoms with Crippen LogP contribution in [-0.2, 0) is 0 Å². The summed E-state index contributed by atoms with van der Waals surface area (Å²) in [4.78, 5) is 3.91. The van der Waals surface area contributed by atoms with E-state index in [1.807, 2.05) is 12.1 Å². The van der Waals surface area contributed by atoms with E-state index in [-0.39, 0.29) is 5.41 Å². The molecule has 0 aliphatic rings. The van der Waals surface area contributed by atoms with Crippen molar-refractivity contribution in [3.05, 3.63) is 24.5 Å². The van der Waals surface area contributed by atoms with E-state index in [1.54, 1.807) is 12.4 Å². The summed E-state index contributed by atoms with van der Waals surface area (Å²) in [5.41, 5.74) is 5.61. The Morgan fingerprint density at radius 3 is 2.54 bits per heavy atom. The molecule has 0 aliphatic carbocycles. The highest BCUT2D eigenvalue weighted by molar-refractivity contribution is 5.16. The van der Waals surface area contributed by atoms with Gasteiger partial charge in [0.2, 0.25) is 0 Å². The summed E-state index contributed by atoms with van der Waals surface area (Å²) in [7, 11) is 0. The molecule has 1 aromatic rings. The van der Waals surface area contributed by atoms with Gasteiger partial charge in [-0.05, 0) is 12.1 Å². The van der Waals surface area contributed by atoms with Gasteiger partial charge in [-0.2, -0.15) is 0 Å². The van der Waals surface area contributed by atoms with Gasteiger partial charge >= 0.3 is 0 Å². The highest BCUT2D eigenvalue weighted by Gasteiger charge is 2.16. The number of rotatable bonds is 4. The summed E-state index contributed by atoms with van der Waals surface area (Å²) < 4.78 is 5.54. The van der Waals surface area contributed by atoms with Crippen LogP contribution in [0.2, 0.25) is 0 Å². The predicted octanol–water partition coefficient (Wildman–Crippen LogP) is 1.45. The van der Waals surface area contributed by atoms with Gasteiger partial charge in [0.1, 0.15) is 5.75 Å². The monoisotopic (exact) mass is 180 g/mol. The van der Waals surface area contributed by atoms with Crippen LogP contribution in [0.1, 0.15) is 13.8 Å². The molecule has 0 aromatic carbocycles. The molecule has 0 amide bonds. The topological polar surface area (TPSA) is 48.1 Å². The quantitative estimate of drug-likeness (QED) is 0.762. The smallest absolute Gasteiger partial charge is 0.122 e. The van der Waals surface area contributed by atoms with Crippen molar-refractivity contribution < 1.29 is 4.74 Å². The van der Waals surface area contributed by atoms with Gasteiger partial charge in [0.05, 0.1) is 6.61 Å². The maximum Gasteiger partial charge on any atom is 0.122 e. The Balaban J connectivity index is 2.44. The standard InChI is InChI=1S/C10H16N2O/c1-10(2,7-11)8-13-9-3-5-12-6-4-9/h3-6H,7-8,11H2,1-2H3. The van der Waals surface area contributed by atoms with Gasteiger partial charge in [-0.15, -0.1) is 0 Å². The van der Waals surface area contributed by atoms with E-state index >= 15 is 0 Å². The molecule has 3 nitrogen and oxygen atoms in total. The van der Waals surface area contributed by atoms with E-state index in [0.29, 0.717) is 13.2 Å². The van der Waals surface area contributed by atoms with E-state index in [4.69, 9.17) is 10.5 Å². The van der Waals surface area contributed by atoms with E-state index < -0.39 is 0 Å². The van der Waals surface area contributed by atoms with Crippen LogP contribution in [0.15, 0.2) is 24.5 Å². The first-order valence-electron chi connectivity index (χ1n) is 4.37. The average molecular weight is 180 g/mol. The summed E-state index contributed by atoms with van der Waals surface area (Å²) in [6, 6.07) is 3.68. The number of nitrogens with two attached hydrogens (primary N) is 1. The van der Waals surface area contributed by atoms with Gasteiger partial charge in [0, 0.05) is 24.4 Å². The first-order valence-corrected chi connectivity index (χ1v) is 4.37. The minimum Gasteiger partial charge on any atom is -0.493 e. The Hall–Kier alpha value is -1.09. The van der Waals surface area contributed by atoms with Crippen LogP contribution in [0, 0.1) is 5.41 Å². The normalized spacial score (nSPS) is 11.3. The fraction of sp³-hybridized carbons (Fsp3) is 0.500. The molecule has 13 heavy (non-hydrogen) atoms. The molecular weight excluding hydrogens is 164 g/mol. The fourth-order valence-corrected chi connectivity index (χ4v) is 0.772. The number of aromatic nitrogens is 1. The van der Waals surface area contributed by atoms with Crippen LogP contribution in [0.3, 0.4) is 0 Å². The van der Waals surface area contributed by atoms with Gasteiger partial charge in [-0.25, -0.2) is 0 Å². The third-order valence-corrected chi connectivity index (χ3v) is 1.83. The molecule has 0 aliphatic heterocycles. The molecule has 0 saturated heterocycles. The van der Waals surface area contributed by atoms with Gasteiger partial charge in [0.25, 0.3) is 0 Å². The van der Waals surface area contributed by atoms with Crippen LogP contribution in [0.5, 0.6) is 5.75 Å². The van der Waals surface area contributed by atoms with Gasteiger partial charge in [0.15, 0.2) is 0 Å². The van der Waals surface area contributed by atoms with Crippen molar-refractivity contribution in [3.8, 4) is 5.75 Å². The molecule has 3 heteroatoms. The lowest BCUT2D eigenvalue weighted by Gasteiger charge is -2.22. The second-order valence-corrected chi connectivity index (χ2v) is 3.84. The maximum absolute atomic E-state index is 5.58. The van der Waals surface area contributed by atoms with Crippen LogP contribution in [-0.4, -0.2) is 18.1 Å². The van der Waals surface area contributed by atoms with Crippen molar-refractivity contribution in [1.29, 1.82) is 0 Å². The van der Waals surface area contributed by atoms with E-state index in [2.05, 4.69) is 18.8 Å². The molecule has 1 heterocycles. The second-order valence-electron chi connectivity index (χ2n) is 3.84. The lowest BCUT2D eigenvalue weighted by atomic mass is 9.95. The van der Waals surface area contributed by atoms with Crippen molar-refractivity contribution >= 4 is 0 Å². The summed E-state index contributed by atoms with van der Waals surface area (Å²) >= 11 is 0. The van der Waals surface area contributed by atoms with Crippen LogP contribution < -0.4 is 10.5 Å². The Morgan fingerprint density at radius 1 is 1.38 bits per heavy atom. The number of hydrogen-bond donors (Lipinski definition) is 1. The molecular formula is C10H16N2O. The predicted molar refractivity (Wildman–Crippen MR) is 52.6 cm³/mol. The average Bonchev–Trinajstić information content (AvgIpc) is 2.17. The van der Waals surface area contributed by atoms with Crippen molar-refractivity contribution in [3.63, 3.8) is 0 Å². The number of nitrogens with zero attached hydrogens (tertiary/aromatic N) is 1. The van der Waals surface area contributed by atoms with Gasteiger partial charge < -0.3 is 10.5 Å². The number of hydrogen-bond acceptors (Lipinski definition) is 3. The molecule has 72 valence electrons.